The molecular weight excluding hydrogens is 344 g/mol. The van der Waals surface area contributed by atoms with Crippen molar-refractivity contribution in [2.75, 3.05) is 6.61 Å². The number of ether oxygens (including phenoxy) is 1. The summed E-state index contributed by atoms with van der Waals surface area (Å²) >= 11 is 5.85. The highest BCUT2D eigenvalue weighted by Gasteiger charge is 2.19. The number of nitrogens with one attached hydrogen (secondary N) is 1. The Labute approximate surface area is 150 Å². The van der Waals surface area contributed by atoms with Gasteiger partial charge in [0.1, 0.15) is 6.61 Å². The predicted molar refractivity (Wildman–Crippen MR) is 92.8 cm³/mol. The largest absolute Gasteiger partial charge is 0.368 e. The second-order valence-corrected chi connectivity index (χ2v) is 6.58. The minimum atomic E-state index is -0.207. The SMILES string of the molecule is NC1CCC(OCC(=O)NCc2nc(-c3ccc(Cl)cc3)no2)CC1. The molecule has 7 nitrogen and oxygen atoms in total. The van der Waals surface area contributed by atoms with E-state index in [2.05, 4.69) is 15.5 Å². The molecule has 3 rings (SSSR count). The van der Waals surface area contributed by atoms with Gasteiger partial charge in [-0.05, 0) is 49.9 Å². The number of rotatable bonds is 6. The molecule has 134 valence electrons. The molecule has 0 atom stereocenters. The standard InChI is InChI=1S/C17H21ClN4O3/c18-12-3-1-11(2-4-12)17-21-16(25-22-17)9-20-15(23)10-24-14-7-5-13(19)6-8-14/h1-4,13-14H,5-10,19H2,(H,20,23). The molecule has 8 heteroatoms. The van der Waals surface area contributed by atoms with Gasteiger partial charge in [0, 0.05) is 16.6 Å². The monoisotopic (exact) mass is 364 g/mol. The molecule has 1 heterocycles. The fraction of sp³-hybridized carbons (Fsp3) is 0.471. The van der Waals surface area contributed by atoms with Crippen LogP contribution in [-0.4, -0.2) is 34.8 Å². The zero-order valence-electron chi connectivity index (χ0n) is 13.8. The fourth-order valence-electron chi connectivity index (χ4n) is 2.72. The molecular formula is C17H21ClN4O3. The number of halogens is 1. The minimum Gasteiger partial charge on any atom is -0.368 e. The molecule has 0 saturated heterocycles. The Bertz CT molecular complexity index is 696. The van der Waals surface area contributed by atoms with Crippen LogP contribution in [0.4, 0.5) is 0 Å². The number of aromatic nitrogens is 2. The lowest BCUT2D eigenvalue weighted by molar-refractivity contribution is -0.128. The van der Waals surface area contributed by atoms with Crippen LogP contribution in [0.3, 0.4) is 0 Å². The molecule has 0 bridgehead atoms. The number of carbonyl (C=O) groups excluding carboxylic acids is 1. The van der Waals surface area contributed by atoms with E-state index in [0.717, 1.165) is 31.2 Å². The van der Waals surface area contributed by atoms with Crippen LogP contribution in [0.2, 0.25) is 5.02 Å². The lowest BCUT2D eigenvalue weighted by Gasteiger charge is -2.25. The molecule has 1 aliphatic carbocycles. The van der Waals surface area contributed by atoms with Crippen LogP contribution in [-0.2, 0) is 16.1 Å². The van der Waals surface area contributed by atoms with Gasteiger partial charge >= 0.3 is 0 Å². The molecule has 3 N–H and O–H groups in total. The van der Waals surface area contributed by atoms with Crippen LogP contribution in [0.5, 0.6) is 0 Å². The molecule has 1 amide bonds. The van der Waals surface area contributed by atoms with E-state index in [1.54, 1.807) is 24.3 Å². The molecule has 2 aromatic rings. The van der Waals surface area contributed by atoms with Gasteiger partial charge in [0.05, 0.1) is 12.6 Å². The molecule has 1 aromatic carbocycles. The molecule has 1 aromatic heterocycles. The predicted octanol–water partition coefficient (Wildman–Crippen LogP) is 2.29. The molecule has 1 aliphatic rings. The van der Waals surface area contributed by atoms with Gasteiger partial charge in [0.25, 0.3) is 0 Å². The highest BCUT2D eigenvalue weighted by Crippen LogP contribution is 2.20. The van der Waals surface area contributed by atoms with Crippen LogP contribution >= 0.6 is 11.6 Å². The van der Waals surface area contributed by atoms with Crippen molar-refractivity contribution in [2.45, 2.75) is 44.4 Å². The Kier molecular flexibility index (Phi) is 6.01. The third-order valence-electron chi connectivity index (χ3n) is 4.18. The van der Waals surface area contributed by atoms with Crippen molar-refractivity contribution in [1.82, 2.24) is 15.5 Å². The van der Waals surface area contributed by atoms with Crippen LogP contribution in [0.1, 0.15) is 31.6 Å². The van der Waals surface area contributed by atoms with Crippen molar-refractivity contribution in [2.24, 2.45) is 5.73 Å². The summed E-state index contributed by atoms with van der Waals surface area (Å²) in [6.07, 6.45) is 3.82. The quantitative estimate of drug-likeness (QED) is 0.815. The summed E-state index contributed by atoms with van der Waals surface area (Å²) in [5.41, 5.74) is 6.65. The Morgan fingerprint density at radius 2 is 2.00 bits per heavy atom. The summed E-state index contributed by atoms with van der Waals surface area (Å²) in [6, 6.07) is 7.38. The number of hydrogen-bond donors (Lipinski definition) is 2. The summed E-state index contributed by atoms with van der Waals surface area (Å²) in [5.74, 6) is 0.582. The zero-order valence-corrected chi connectivity index (χ0v) is 14.5. The van der Waals surface area contributed by atoms with Crippen LogP contribution in [0.25, 0.3) is 11.4 Å². The topological polar surface area (TPSA) is 103 Å². The molecule has 1 saturated carbocycles. The maximum Gasteiger partial charge on any atom is 0.246 e. The normalized spacial score (nSPS) is 20.4. The van der Waals surface area contributed by atoms with Crippen molar-refractivity contribution >= 4 is 17.5 Å². The van der Waals surface area contributed by atoms with Gasteiger partial charge in [-0.2, -0.15) is 4.98 Å². The minimum absolute atomic E-state index is 0.0259. The first kappa shape index (κ1) is 17.8. The number of nitrogens with two attached hydrogens (primary N) is 1. The number of benzene rings is 1. The van der Waals surface area contributed by atoms with Crippen LogP contribution in [0.15, 0.2) is 28.8 Å². The van der Waals surface area contributed by atoms with E-state index in [1.807, 2.05) is 0 Å². The average Bonchev–Trinajstić information content (AvgIpc) is 3.09. The Hall–Kier alpha value is -1.96. The van der Waals surface area contributed by atoms with Crippen molar-refractivity contribution in [3.05, 3.63) is 35.2 Å². The second-order valence-electron chi connectivity index (χ2n) is 6.14. The van der Waals surface area contributed by atoms with Gasteiger partial charge in [-0.15, -0.1) is 0 Å². The van der Waals surface area contributed by atoms with Crippen molar-refractivity contribution < 1.29 is 14.1 Å². The Morgan fingerprint density at radius 3 is 2.72 bits per heavy atom. The first-order chi connectivity index (χ1) is 12.1. The van der Waals surface area contributed by atoms with E-state index in [-0.39, 0.29) is 31.2 Å². The van der Waals surface area contributed by atoms with E-state index in [4.69, 9.17) is 26.6 Å². The summed E-state index contributed by atoms with van der Waals surface area (Å²) < 4.78 is 10.8. The lowest BCUT2D eigenvalue weighted by Crippen LogP contribution is -2.33. The number of nitrogens with zero attached hydrogens (tertiary/aromatic N) is 2. The van der Waals surface area contributed by atoms with Gasteiger partial charge < -0.3 is 20.3 Å². The van der Waals surface area contributed by atoms with Gasteiger partial charge in [0.2, 0.25) is 17.6 Å². The van der Waals surface area contributed by atoms with Crippen molar-refractivity contribution in [3.63, 3.8) is 0 Å². The van der Waals surface area contributed by atoms with E-state index < -0.39 is 0 Å². The zero-order chi connectivity index (χ0) is 17.6. The highest BCUT2D eigenvalue weighted by atomic mass is 35.5. The van der Waals surface area contributed by atoms with Gasteiger partial charge in [-0.1, -0.05) is 16.8 Å². The Morgan fingerprint density at radius 1 is 1.28 bits per heavy atom. The van der Waals surface area contributed by atoms with E-state index in [1.165, 1.54) is 0 Å². The van der Waals surface area contributed by atoms with Gasteiger partial charge in [0.15, 0.2) is 0 Å². The third-order valence-corrected chi connectivity index (χ3v) is 4.43. The molecule has 1 fully saturated rings. The summed E-state index contributed by atoms with van der Waals surface area (Å²) in [5, 5.41) is 7.25. The summed E-state index contributed by atoms with van der Waals surface area (Å²) in [7, 11) is 0. The Balaban J connectivity index is 1.42. The van der Waals surface area contributed by atoms with Crippen molar-refractivity contribution in [3.8, 4) is 11.4 Å². The number of amides is 1. The smallest absolute Gasteiger partial charge is 0.246 e. The summed E-state index contributed by atoms with van der Waals surface area (Å²) in [6.45, 7) is 0.191. The molecule has 25 heavy (non-hydrogen) atoms. The van der Waals surface area contributed by atoms with E-state index in [9.17, 15) is 4.79 Å². The van der Waals surface area contributed by atoms with E-state index >= 15 is 0 Å². The summed E-state index contributed by atoms with van der Waals surface area (Å²) in [4.78, 5) is 16.1. The molecule has 0 spiro atoms. The highest BCUT2D eigenvalue weighted by molar-refractivity contribution is 6.30. The van der Waals surface area contributed by atoms with E-state index in [0.29, 0.717) is 16.7 Å². The van der Waals surface area contributed by atoms with Crippen LogP contribution in [0, 0.1) is 0 Å². The second kappa shape index (κ2) is 8.42. The van der Waals surface area contributed by atoms with Crippen LogP contribution < -0.4 is 11.1 Å². The maximum absolute atomic E-state index is 11.9. The molecule has 0 radical (unpaired) electrons. The van der Waals surface area contributed by atoms with Gasteiger partial charge in [-0.3, -0.25) is 4.79 Å². The first-order valence-corrected chi connectivity index (χ1v) is 8.70. The third kappa shape index (κ3) is 5.26. The lowest BCUT2D eigenvalue weighted by atomic mass is 9.94. The average molecular weight is 365 g/mol. The maximum atomic E-state index is 11.9. The molecule has 0 aliphatic heterocycles. The molecule has 0 unspecified atom stereocenters. The number of carbonyl (C=O) groups is 1. The van der Waals surface area contributed by atoms with Gasteiger partial charge in [-0.25, -0.2) is 0 Å². The van der Waals surface area contributed by atoms with Crippen molar-refractivity contribution in [1.29, 1.82) is 0 Å². The fourth-order valence-corrected chi connectivity index (χ4v) is 2.84. The first-order valence-electron chi connectivity index (χ1n) is 8.32. The number of hydrogen-bond acceptors (Lipinski definition) is 6.